The monoisotopic (exact) mass is 209 g/mol. The first-order valence-electron chi connectivity index (χ1n) is 4.38. The summed E-state index contributed by atoms with van der Waals surface area (Å²) in [5.74, 6) is 0. The number of carbonyl (C=O) groups is 1. The minimum atomic E-state index is -0.330. The van der Waals surface area contributed by atoms with E-state index in [1.54, 1.807) is 11.8 Å². The van der Waals surface area contributed by atoms with Gasteiger partial charge in [-0.1, -0.05) is 12.1 Å². The Labute approximate surface area is 86.8 Å². The van der Waals surface area contributed by atoms with Crippen molar-refractivity contribution in [2.75, 3.05) is 12.8 Å². The molecule has 3 nitrogen and oxygen atoms in total. The van der Waals surface area contributed by atoms with Gasteiger partial charge in [-0.2, -0.15) is 0 Å². The standard InChI is InChI=1S/C10H11NO2S/c1-14-8-4-2-7(3-5-8)9-6-11-10(12)13-9/h2-5,9H,6H2,1H3,(H,11,12)/t9-/m1/s1. The first kappa shape index (κ1) is 9.40. The maximum absolute atomic E-state index is 10.8. The molecule has 1 saturated heterocycles. The van der Waals surface area contributed by atoms with E-state index in [0.717, 1.165) is 5.56 Å². The van der Waals surface area contributed by atoms with Crippen molar-refractivity contribution in [1.82, 2.24) is 5.32 Å². The molecule has 1 aromatic rings. The second-order valence-electron chi connectivity index (χ2n) is 3.05. The van der Waals surface area contributed by atoms with E-state index in [1.165, 1.54) is 4.90 Å². The molecule has 0 unspecified atom stereocenters. The second kappa shape index (κ2) is 3.92. The number of alkyl carbamates (subject to hydrolysis) is 1. The van der Waals surface area contributed by atoms with Crippen molar-refractivity contribution in [3.8, 4) is 0 Å². The smallest absolute Gasteiger partial charge is 0.407 e. The maximum Gasteiger partial charge on any atom is 0.407 e. The lowest BCUT2D eigenvalue weighted by molar-refractivity contribution is 0.141. The Morgan fingerprint density at radius 3 is 2.64 bits per heavy atom. The summed E-state index contributed by atoms with van der Waals surface area (Å²) < 4.78 is 5.06. The van der Waals surface area contributed by atoms with Crippen LogP contribution in [0.15, 0.2) is 29.2 Å². The molecule has 0 spiro atoms. The Morgan fingerprint density at radius 1 is 1.43 bits per heavy atom. The molecule has 14 heavy (non-hydrogen) atoms. The summed E-state index contributed by atoms with van der Waals surface area (Å²) >= 11 is 1.70. The van der Waals surface area contributed by atoms with Crippen LogP contribution in [-0.4, -0.2) is 18.9 Å². The molecular formula is C10H11NO2S. The number of carbonyl (C=O) groups excluding carboxylic acids is 1. The summed E-state index contributed by atoms with van der Waals surface area (Å²) in [7, 11) is 0. The number of cyclic esters (lactones) is 1. The summed E-state index contributed by atoms with van der Waals surface area (Å²) in [6.45, 7) is 0.567. The zero-order valence-corrected chi connectivity index (χ0v) is 8.64. The molecule has 1 aliphatic rings. The molecule has 1 N–H and O–H groups in total. The fraction of sp³-hybridized carbons (Fsp3) is 0.300. The minimum absolute atomic E-state index is 0.126. The molecule has 1 atom stereocenters. The molecule has 0 saturated carbocycles. The summed E-state index contributed by atoms with van der Waals surface area (Å²) in [5.41, 5.74) is 1.04. The minimum Gasteiger partial charge on any atom is -0.439 e. The van der Waals surface area contributed by atoms with E-state index in [1.807, 2.05) is 30.5 Å². The average Bonchev–Trinajstić information content (AvgIpc) is 2.65. The number of hydrogen-bond donors (Lipinski definition) is 1. The van der Waals surface area contributed by atoms with Gasteiger partial charge in [0.05, 0.1) is 6.54 Å². The lowest BCUT2D eigenvalue weighted by atomic mass is 10.1. The topological polar surface area (TPSA) is 38.3 Å². The highest BCUT2D eigenvalue weighted by atomic mass is 32.2. The zero-order valence-electron chi connectivity index (χ0n) is 7.82. The van der Waals surface area contributed by atoms with Gasteiger partial charge in [0.1, 0.15) is 6.10 Å². The van der Waals surface area contributed by atoms with Crippen LogP contribution >= 0.6 is 11.8 Å². The van der Waals surface area contributed by atoms with Crippen molar-refractivity contribution in [3.05, 3.63) is 29.8 Å². The van der Waals surface area contributed by atoms with E-state index >= 15 is 0 Å². The van der Waals surface area contributed by atoms with Crippen molar-refractivity contribution in [2.45, 2.75) is 11.0 Å². The molecular weight excluding hydrogens is 198 g/mol. The van der Waals surface area contributed by atoms with Crippen LogP contribution < -0.4 is 5.32 Å². The predicted octanol–water partition coefficient (Wildman–Crippen LogP) is 2.19. The van der Waals surface area contributed by atoms with Crippen molar-refractivity contribution >= 4 is 17.9 Å². The first-order chi connectivity index (χ1) is 6.79. The number of benzene rings is 1. The molecule has 0 aromatic heterocycles. The molecule has 1 aliphatic heterocycles. The molecule has 1 aromatic carbocycles. The third-order valence-electron chi connectivity index (χ3n) is 2.17. The van der Waals surface area contributed by atoms with Crippen LogP contribution in [0.3, 0.4) is 0 Å². The van der Waals surface area contributed by atoms with Crippen molar-refractivity contribution in [1.29, 1.82) is 0 Å². The molecule has 0 bridgehead atoms. The van der Waals surface area contributed by atoms with Gasteiger partial charge in [-0.15, -0.1) is 11.8 Å². The van der Waals surface area contributed by atoms with E-state index in [-0.39, 0.29) is 12.2 Å². The molecule has 0 aliphatic carbocycles. The third kappa shape index (κ3) is 1.85. The van der Waals surface area contributed by atoms with Gasteiger partial charge in [-0.3, -0.25) is 0 Å². The fourth-order valence-corrected chi connectivity index (χ4v) is 1.80. The molecule has 2 rings (SSSR count). The van der Waals surface area contributed by atoms with Gasteiger partial charge < -0.3 is 10.1 Å². The Bertz CT molecular complexity index is 336. The Kier molecular flexibility index (Phi) is 2.63. The number of thioether (sulfide) groups is 1. The van der Waals surface area contributed by atoms with E-state index in [2.05, 4.69) is 5.32 Å². The predicted molar refractivity (Wildman–Crippen MR) is 55.4 cm³/mol. The molecule has 1 amide bonds. The maximum atomic E-state index is 10.8. The molecule has 74 valence electrons. The largest absolute Gasteiger partial charge is 0.439 e. The van der Waals surface area contributed by atoms with Crippen molar-refractivity contribution in [2.24, 2.45) is 0 Å². The Hall–Kier alpha value is -1.16. The molecule has 0 radical (unpaired) electrons. The van der Waals surface area contributed by atoms with Crippen LogP contribution in [0, 0.1) is 0 Å². The summed E-state index contributed by atoms with van der Waals surface area (Å²) in [6, 6.07) is 8.06. The van der Waals surface area contributed by atoms with Crippen LogP contribution in [-0.2, 0) is 4.74 Å². The van der Waals surface area contributed by atoms with Crippen LogP contribution in [0.4, 0.5) is 4.79 Å². The number of rotatable bonds is 2. The SMILES string of the molecule is CSc1ccc([C@H]2CNC(=O)O2)cc1. The second-order valence-corrected chi connectivity index (χ2v) is 3.93. The Balaban J connectivity index is 2.13. The number of ether oxygens (including phenoxy) is 1. The highest BCUT2D eigenvalue weighted by Crippen LogP contribution is 2.23. The highest BCUT2D eigenvalue weighted by molar-refractivity contribution is 7.98. The van der Waals surface area contributed by atoms with Gasteiger partial charge in [0.25, 0.3) is 0 Å². The molecule has 1 fully saturated rings. The Morgan fingerprint density at radius 2 is 2.14 bits per heavy atom. The van der Waals surface area contributed by atoms with Gasteiger partial charge in [0, 0.05) is 4.90 Å². The van der Waals surface area contributed by atoms with Crippen molar-refractivity contribution < 1.29 is 9.53 Å². The van der Waals surface area contributed by atoms with Gasteiger partial charge in [-0.05, 0) is 24.0 Å². The normalized spacial score (nSPS) is 20.4. The number of nitrogens with one attached hydrogen (secondary N) is 1. The van der Waals surface area contributed by atoms with E-state index in [4.69, 9.17) is 4.74 Å². The number of amides is 1. The van der Waals surface area contributed by atoms with E-state index in [9.17, 15) is 4.79 Å². The fourth-order valence-electron chi connectivity index (χ4n) is 1.39. The van der Waals surface area contributed by atoms with Gasteiger partial charge in [-0.25, -0.2) is 4.79 Å². The molecule has 1 heterocycles. The first-order valence-corrected chi connectivity index (χ1v) is 5.60. The van der Waals surface area contributed by atoms with Crippen LogP contribution in [0.1, 0.15) is 11.7 Å². The summed E-state index contributed by atoms with van der Waals surface area (Å²) in [5, 5.41) is 2.63. The van der Waals surface area contributed by atoms with Gasteiger partial charge in [0.15, 0.2) is 0 Å². The zero-order chi connectivity index (χ0) is 9.97. The average molecular weight is 209 g/mol. The third-order valence-corrected chi connectivity index (χ3v) is 2.91. The highest BCUT2D eigenvalue weighted by Gasteiger charge is 2.23. The quantitative estimate of drug-likeness (QED) is 0.759. The summed E-state index contributed by atoms with van der Waals surface area (Å²) in [4.78, 5) is 12.0. The van der Waals surface area contributed by atoms with Crippen LogP contribution in [0.25, 0.3) is 0 Å². The van der Waals surface area contributed by atoms with Crippen LogP contribution in [0.5, 0.6) is 0 Å². The van der Waals surface area contributed by atoms with Gasteiger partial charge >= 0.3 is 6.09 Å². The lowest BCUT2D eigenvalue weighted by Crippen LogP contribution is -2.12. The van der Waals surface area contributed by atoms with E-state index in [0.29, 0.717) is 6.54 Å². The van der Waals surface area contributed by atoms with Gasteiger partial charge in [0.2, 0.25) is 0 Å². The molecule has 4 heteroatoms. The number of hydrogen-bond acceptors (Lipinski definition) is 3. The van der Waals surface area contributed by atoms with Crippen LogP contribution in [0.2, 0.25) is 0 Å². The van der Waals surface area contributed by atoms with Crippen molar-refractivity contribution in [3.63, 3.8) is 0 Å². The lowest BCUT2D eigenvalue weighted by Gasteiger charge is -2.07. The van der Waals surface area contributed by atoms with E-state index < -0.39 is 0 Å². The summed E-state index contributed by atoms with van der Waals surface area (Å²) in [6.07, 6.45) is 1.58.